The van der Waals surface area contributed by atoms with E-state index in [1.807, 2.05) is 0 Å². The first-order chi connectivity index (χ1) is 29.5. The maximum Gasteiger partial charge on any atom is 0.306 e. The van der Waals surface area contributed by atoms with E-state index in [9.17, 15) is 14.4 Å². The van der Waals surface area contributed by atoms with Crippen LogP contribution in [0.1, 0.15) is 258 Å². The van der Waals surface area contributed by atoms with Crippen molar-refractivity contribution in [2.75, 3.05) is 13.2 Å². The molecule has 0 fully saturated rings. The average molecular weight is 841 g/mol. The molecule has 0 aromatic carbocycles. The van der Waals surface area contributed by atoms with E-state index in [2.05, 4.69) is 69.4 Å². The molecule has 1 atom stereocenters. The number of hydrogen-bond donors (Lipinski definition) is 0. The fraction of sp³-hybridized carbons (Fsp3) is 0.796. The van der Waals surface area contributed by atoms with Crippen LogP contribution in [0.15, 0.2) is 48.6 Å². The monoisotopic (exact) mass is 841 g/mol. The zero-order valence-electron chi connectivity index (χ0n) is 39.7. The molecule has 0 aromatic rings. The van der Waals surface area contributed by atoms with Crippen LogP contribution in [0.5, 0.6) is 0 Å². The van der Waals surface area contributed by atoms with Gasteiger partial charge in [0.2, 0.25) is 0 Å². The minimum atomic E-state index is -0.783. The van der Waals surface area contributed by atoms with Crippen LogP contribution in [0, 0.1) is 0 Å². The van der Waals surface area contributed by atoms with Crippen LogP contribution in [0.25, 0.3) is 0 Å². The summed E-state index contributed by atoms with van der Waals surface area (Å²) in [6.45, 7) is 6.54. The number of ether oxygens (including phenoxy) is 3. The fourth-order valence-corrected chi connectivity index (χ4v) is 7.16. The zero-order chi connectivity index (χ0) is 43.7. The molecule has 0 bridgehead atoms. The zero-order valence-corrected chi connectivity index (χ0v) is 39.7. The molecule has 0 saturated heterocycles. The molecule has 0 radical (unpaired) electrons. The summed E-state index contributed by atoms with van der Waals surface area (Å²) >= 11 is 0. The van der Waals surface area contributed by atoms with Gasteiger partial charge in [0.25, 0.3) is 0 Å². The van der Waals surface area contributed by atoms with Gasteiger partial charge in [0.05, 0.1) is 0 Å². The van der Waals surface area contributed by atoms with E-state index in [0.29, 0.717) is 19.3 Å². The topological polar surface area (TPSA) is 78.9 Å². The summed E-state index contributed by atoms with van der Waals surface area (Å²) in [4.78, 5) is 37.9. The van der Waals surface area contributed by atoms with Crippen LogP contribution in [0.4, 0.5) is 0 Å². The summed E-state index contributed by atoms with van der Waals surface area (Å²) in [5.74, 6) is -0.913. The Kier molecular flexibility index (Phi) is 46.9. The van der Waals surface area contributed by atoms with Crippen molar-refractivity contribution in [1.29, 1.82) is 0 Å². The number of allylic oxidation sites excluding steroid dienone is 8. The van der Waals surface area contributed by atoms with Crippen LogP contribution in [-0.2, 0) is 28.6 Å². The second-order valence-corrected chi connectivity index (χ2v) is 17.1. The molecule has 1 unspecified atom stereocenters. The standard InChI is InChI=1S/C54H96O6/c1-4-7-10-13-16-19-22-24-26-27-28-30-32-35-38-41-44-47-53(56)59-50-51(49-58-52(55)46-43-40-37-34-31-21-18-15-12-9-6-3)60-54(57)48-45-42-39-36-33-29-25-23-20-17-14-11-8-5-2/h15-16,18-19,21,24,26,31,51H,4-14,17,20,22-23,25,27-30,32-50H2,1-3H3/b18-15-,19-16-,26-24-,31-21-. The van der Waals surface area contributed by atoms with Gasteiger partial charge in [-0.25, -0.2) is 0 Å². The van der Waals surface area contributed by atoms with Gasteiger partial charge in [-0.1, -0.05) is 217 Å². The van der Waals surface area contributed by atoms with E-state index in [0.717, 1.165) is 83.5 Å². The lowest BCUT2D eigenvalue weighted by Crippen LogP contribution is -2.30. The lowest BCUT2D eigenvalue weighted by atomic mass is 10.0. The highest BCUT2D eigenvalue weighted by molar-refractivity contribution is 5.71. The van der Waals surface area contributed by atoms with Crippen molar-refractivity contribution in [3.8, 4) is 0 Å². The Balaban J connectivity index is 4.37. The summed E-state index contributed by atoms with van der Waals surface area (Å²) in [7, 11) is 0. The Morgan fingerprint density at radius 3 is 1.12 bits per heavy atom. The molecular formula is C54H96O6. The van der Waals surface area contributed by atoms with Gasteiger partial charge in [-0.2, -0.15) is 0 Å². The molecule has 348 valence electrons. The third-order valence-corrected chi connectivity index (χ3v) is 11.1. The second kappa shape index (κ2) is 49.0. The first-order valence-electron chi connectivity index (χ1n) is 25.7. The van der Waals surface area contributed by atoms with Crippen molar-refractivity contribution in [2.24, 2.45) is 0 Å². The number of hydrogen-bond acceptors (Lipinski definition) is 6. The van der Waals surface area contributed by atoms with Crippen LogP contribution in [0.2, 0.25) is 0 Å². The summed E-state index contributed by atoms with van der Waals surface area (Å²) in [5, 5.41) is 0. The smallest absolute Gasteiger partial charge is 0.306 e. The molecule has 0 rings (SSSR count). The van der Waals surface area contributed by atoms with Crippen LogP contribution in [0.3, 0.4) is 0 Å². The van der Waals surface area contributed by atoms with Crippen LogP contribution in [-0.4, -0.2) is 37.2 Å². The summed E-state index contributed by atoms with van der Waals surface area (Å²) in [6, 6.07) is 0. The Morgan fingerprint density at radius 2 is 0.667 bits per heavy atom. The first-order valence-corrected chi connectivity index (χ1v) is 25.7. The highest BCUT2D eigenvalue weighted by atomic mass is 16.6. The molecule has 0 aliphatic rings. The first kappa shape index (κ1) is 57.4. The van der Waals surface area contributed by atoms with E-state index in [-0.39, 0.29) is 31.1 Å². The Morgan fingerprint density at radius 1 is 0.350 bits per heavy atom. The van der Waals surface area contributed by atoms with E-state index in [1.54, 1.807) is 0 Å². The predicted octanol–water partition coefficient (Wildman–Crippen LogP) is 16.7. The number of carbonyl (C=O) groups is 3. The number of unbranched alkanes of at least 4 members (excludes halogenated alkanes) is 28. The molecule has 0 heterocycles. The van der Waals surface area contributed by atoms with Gasteiger partial charge in [0, 0.05) is 19.3 Å². The molecular weight excluding hydrogens is 745 g/mol. The summed E-state index contributed by atoms with van der Waals surface area (Å²) in [6.07, 6.45) is 58.1. The molecule has 0 N–H and O–H groups in total. The van der Waals surface area contributed by atoms with Crippen molar-refractivity contribution in [3.05, 3.63) is 48.6 Å². The molecule has 0 aliphatic carbocycles. The van der Waals surface area contributed by atoms with Crippen molar-refractivity contribution >= 4 is 17.9 Å². The highest BCUT2D eigenvalue weighted by Crippen LogP contribution is 2.15. The minimum Gasteiger partial charge on any atom is -0.462 e. The second-order valence-electron chi connectivity index (χ2n) is 17.1. The third-order valence-electron chi connectivity index (χ3n) is 11.1. The normalized spacial score (nSPS) is 12.4. The van der Waals surface area contributed by atoms with Crippen molar-refractivity contribution in [3.63, 3.8) is 0 Å². The van der Waals surface area contributed by atoms with Gasteiger partial charge in [-0.15, -0.1) is 0 Å². The highest BCUT2D eigenvalue weighted by Gasteiger charge is 2.19. The quantitative estimate of drug-likeness (QED) is 0.0200. The molecule has 6 heteroatoms. The van der Waals surface area contributed by atoms with Crippen LogP contribution >= 0.6 is 0 Å². The van der Waals surface area contributed by atoms with Gasteiger partial charge in [-0.05, 0) is 70.6 Å². The van der Waals surface area contributed by atoms with Gasteiger partial charge >= 0.3 is 17.9 Å². The summed E-state index contributed by atoms with van der Waals surface area (Å²) < 4.78 is 16.8. The minimum absolute atomic E-state index is 0.0838. The fourth-order valence-electron chi connectivity index (χ4n) is 7.16. The molecule has 0 aliphatic heterocycles. The van der Waals surface area contributed by atoms with Gasteiger partial charge < -0.3 is 14.2 Å². The molecule has 0 amide bonds. The number of carbonyl (C=O) groups excluding carboxylic acids is 3. The largest absolute Gasteiger partial charge is 0.462 e. The number of rotatable bonds is 46. The molecule has 0 saturated carbocycles. The van der Waals surface area contributed by atoms with Crippen molar-refractivity contribution in [2.45, 2.75) is 264 Å². The average Bonchev–Trinajstić information content (AvgIpc) is 3.24. The van der Waals surface area contributed by atoms with E-state index in [4.69, 9.17) is 14.2 Å². The summed E-state index contributed by atoms with van der Waals surface area (Å²) in [5.41, 5.74) is 0. The lowest BCUT2D eigenvalue weighted by Gasteiger charge is -2.18. The van der Waals surface area contributed by atoms with E-state index < -0.39 is 6.10 Å². The van der Waals surface area contributed by atoms with Gasteiger partial charge in [0.15, 0.2) is 6.10 Å². The Bertz CT molecular complexity index is 1060. The van der Waals surface area contributed by atoms with Crippen molar-refractivity contribution in [1.82, 2.24) is 0 Å². The third kappa shape index (κ3) is 46.4. The number of esters is 3. The lowest BCUT2D eigenvalue weighted by molar-refractivity contribution is -0.167. The molecule has 0 aromatic heterocycles. The van der Waals surface area contributed by atoms with E-state index in [1.165, 1.54) is 135 Å². The van der Waals surface area contributed by atoms with Crippen LogP contribution < -0.4 is 0 Å². The maximum absolute atomic E-state index is 12.8. The van der Waals surface area contributed by atoms with E-state index >= 15 is 0 Å². The molecule has 60 heavy (non-hydrogen) atoms. The SMILES string of the molecule is CCCC/C=C\C=C/CCCCCC(=O)OCC(COC(=O)CCCCCCCCC/C=C\C/C=C\CCCCC)OC(=O)CCCCCCCCCCCCCCCC. The molecule has 0 spiro atoms. The van der Waals surface area contributed by atoms with Gasteiger partial charge in [-0.3, -0.25) is 14.4 Å². The Labute approximate surface area is 371 Å². The predicted molar refractivity (Wildman–Crippen MR) is 256 cm³/mol. The van der Waals surface area contributed by atoms with Gasteiger partial charge in [0.1, 0.15) is 13.2 Å². The van der Waals surface area contributed by atoms with Crippen molar-refractivity contribution < 1.29 is 28.6 Å². The Hall–Kier alpha value is -2.63. The maximum atomic E-state index is 12.8. The molecule has 6 nitrogen and oxygen atoms in total.